The number of halogens is 3. The molecule has 88 valence electrons. The number of hydrogen-bond donors (Lipinski definition) is 0. The van der Waals surface area contributed by atoms with Crippen LogP contribution in [0.15, 0.2) is 12.1 Å². The highest BCUT2D eigenvalue weighted by atomic mass is 127. The molecule has 0 aliphatic heterocycles. The number of Topliss-reactive ketones (excluding diaryl/α,β-unsaturated/α-hetero) is 1. The molecule has 0 aliphatic rings. The van der Waals surface area contributed by atoms with Gasteiger partial charge < -0.3 is 4.74 Å². The Morgan fingerprint density at radius 1 is 1.50 bits per heavy atom. The van der Waals surface area contributed by atoms with Crippen LogP contribution in [0, 0.1) is 3.57 Å². The molecule has 2 nitrogen and oxygen atoms in total. The van der Waals surface area contributed by atoms with Crippen LogP contribution < -0.4 is 4.74 Å². The Kier molecular flexibility index (Phi) is 4.64. The van der Waals surface area contributed by atoms with Gasteiger partial charge in [-0.1, -0.05) is 6.92 Å². The molecule has 0 radical (unpaired) electrons. The summed E-state index contributed by atoms with van der Waals surface area (Å²) in [5.74, 6) is -0.0747. The summed E-state index contributed by atoms with van der Waals surface area (Å²) in [5, 5.41) is 0. The lowest BCUT2D eigenvalue weighted by Crippen LogP contribution is -2.07. The molecule has 0 N–H and O–H groups in total. The summed E-state index contributed by atoms with van der Waals surface area (Å²) in [7, 11) is 0. The third-order valence-corrected chi connectivity index (χ3v) is 3.02. The molecule has 1 rings (SSSR count). The lowest BCUT2D eigenvalue weighted by atomic mass is 10.1. The largest absolute Gasteiger partial charge is 0.435 e. The fraction of sp³-hybridized carbons (Fsp3) is 0.364. The monoisotopic (exact) mass is 340 g/mol. The molecule has 0 spiro atoms. The van der Waals surface area contributed by atoms with Crippen molar-refractivity contribution in [1.82, 2.24) is 0 Å². The van der Waals surface area contributed by atoms with E-state index in [1.807, 2.05) is 29.5 Å². The van der Waals surface area contributed by atoms with Crippen molar-refractivity contribution >= 4 is 28.4 Å². The van der Waals surface area contributed by atoms with Crippen molar-refractivity contribution in [2.45, 2.75) is 26.9 Å². The zero-order valence-electron chi connectivity index (χ0n) is 8.89. The predicted octanol–water partition coefficient (Wildman–Crippen LogP) is 3.66. The average molecular weight is 340 g/mol. The van der Waals surface area contributed by atoms with E-state index in [1.54, 1.807) is 6.07 Å². The Morgan fingerprint density at radius 3 is 2.56 bits per heavy atom. The summed E-state index contributed by atoms with van der Waals surface area (Å²) >= 11 is 2.01. The van der Waals surface area contributed by atoms with Crippen LogP contribution in [0.25, 0.3) is 0 Å². The van der Waals surface area contributed by atoms with Gasteiger partial charge in [-0.2, -0.15) is 8.78 Å². The molecule has 0 amide bonds. The van der Waals surface area contributed by atoms with Crippen LogP contribution in [0.2, 0.25) is 0 Å². The van der Waals surface area contributed by atoms with Gasteiger partial charge >= 0.3 is 6.61 Å². The predicted molar refractivity (Wildman–Crippen MR) is 65.2 cm³/mol. The first-order chi connectivity index (χ1) is 7.45. The van der Waals surface area contributed by atoms with Gasteiger partial charge in [-0.05, 0) is 53.6 Å². The van der Waals surface area contributed by atoms with Gasteiger partial charge in [0.15, 0.2) is 5.78 Å². The Bertz CT molecular complexity index is 405. The van der Waals surface area contributed by atoms with Gasteiger partial charge in [-0.15, -0.1) is 0 Å². The highest BCUT2D eigenvalue weighted by Gasteiger charge is 2.14. The molecule has 0 aliphatic carbocycles. The van der Waals surface area contributed by atoms with Gasteiger partial charge in [0, 0.05) is 9.13 Å². The van der Waals surface area contributed by atoms with Gasteiger partial charge in [-0.25, -0.2) is 0 Å². The van der Waals surface area contributed by atoms with Gasteiger partial charge in [0.05, 0.1) is 0 Å². The maximum absolute atomic E-state index is 12.2. The minimum Gasteiger partial charge on any atom is -0.435 e. The highest BCUT2D eigenvalue weighted by molar-refractivity contribution is 14.1. The zero-order valence-corrected chi connectivity index (χ0v) is 11.0. The third-order valence-electron chi connectivity index (χ3n) is 2.13. The number of benzene rings is 1. The van der Waals surface area contributed by atoms with Gasteiger partial charge in [0.1, 0.15) is 5.75 Å². The summed E-state index contributed by atoms with van der Waals surface area (Å²) in [6.07, 6.45) is 0.580. The molecule has 1 aromatic carbocycles. The number of carbonyl (C=O) groups is 1. The van der Waals surface area contributed by atoms with Crippen molar-refractivity contribution in [2.75, 3.05) is 0 Å². The summed E-state index contributed by atoms with van der Waals surface area (Å²) in [6, 6.07) is 3.09. The van der Waals surface area contributed by atoms with Gasteiger partial charge in [-0.3, -0.25) is 4.79 Å². The Hall–Kier alpha value is -0.720. The number of ether oxygens (including phenoxy) is 1. The van der Waals surface area contributed by atoms with Crippen LogP contribution in [-0.2, 0) is 6.42 Å². The van der Waals surface area contributed by atoms with Crippen molar-refractivity contribution in [3.63, 3.8) is 0 Å². The summed E-state index contributed by atoms with van der Waals surface area (Å²) in [5.41, 5.74) is 1.09. The van der Waals surface area contributed by atoms with E-state index in [0.717, 1.165) is 3.57 Å². The van der Waals surface area contributed by atoms with Crippen LogP contribution in [0.3, 0.4) is 0 Å². The number of alkyl halides is 2. The molecule has 0 heterocycles. The number of carbonyl (C=O) groups excluding carboxylic acids is 1. The number of hydrogen-bond acceptors (Lipinski definition) is 2. The molecule has 0 bridgehead atoms. The Labute approximate surface area is 106 Å². The summed E-state index contributed by atoms with van der Waals surface area (Å²) in [4.78, 5) is 11.3. The molecule has 16 heavy (non-hydrogen) atoms. The molecular formula is C11H11F2IO2. The average Bonchev–Trinajstić information content (AvgIpc) is 2.18. The minimum absolute atomic E-state index is 0.0862. The van der Waals surface area contributed by atoms with Crippen molar-refractivity contribution in [2.24, 2.45) is 0 Å². The molecule has 0 saturated carbocycles. The molecule has 0 atom stereocenters. The topological polar surface area (TPSA) is 26.3 Å². The van der Waals surface area contributed by atoms with E-state index in [1.165, 1.54) is 13.0 Å². The van der Waals surface area contributed by atoms with Crippen LogP contribution in [0.4, 0.5) is 8.78 Å². The fourth-order valence-electron chi connectivity index (χ4n) is 1.35. The minimum atomic E-state index is -2.87. The van der Waals surface area contributed by atoms with E-state index in [9.17, 15) is 13.6 Å². The molecule has 5 heteroatoms. The van der Waals surface area contributed by atoms with Crippen LogP contribution in [-0.4, -0.2) is 12.4 Å². The second kappa shape index (κ2) is 5.56. The first-order valence-corrected chi connectivity index (χ1v) is 5.81. The number of ketones is 1. The lowest BCUT2D eigenvalue weighted by Gasteiger charge is -2.12. The number of aryl methyl sites for hydroxylation is 1. The maximum atomic E-state index is 12.2. The summed E-state index contributed by atoms with van der Waals surface area (Å²) in [6.45, 7) is 0.372. The molecule has 0 saturated heterocycles. The van der Waals surface area contributed by atoms with E-state index in [4.69, 9.17) is 0 Å². The van der Waals surface area contributed by atoms with Gasteiger partial charge in [0.25, 0.3) is 0 Å². The second-order valence-corrected chi connectivity index (χ2v) is 4.39. The first-order valence-electron chi connectivity index (χ1n) is 4.73. The van der Waals surface area contributed by atoms with E-state index in [2.05, 4.69) is 4.74 Å². The van der Waals surface area contributed by atoms with Crippen LogP contribution >= 0.6 is 22.6 Å². The van der Waals surface area contributed by atoms with Crippen LogP contribution in [0.5, 0.6) is 5.75 Å². The van der Waals surface area contributed by atoms with E-state index >= 15 is 0 Å². The summed E-state index contributed by atoms with van der Waals surface area (Å²) < 4.78 is 29.5. The van der Waals surface area contributed by atoms with Crippen molar-refractivity contribution in [3.05, 3.63) is 26.8 Å². The molecule has 0 unspecified atom stereocenters. The van der Waals surface area contributed by atoms with E-state index < -0.39 is 6.61 Å². The zero-order chi connectivity index (χ0) is 12.3. The van der Waals surface area contributed by atoms with Gasteiger partial charge in [0.2, 0.25) is 0 Å². The SMILES string of the molecule is CCc1cc(I)c(C(C)=O)cc1OC(F)F. The van der Waals surface area contributed by atoms with Crippen molar-refractivity contribution < 1.29 is 18.3 Å². The first kappa shape index (κ1) is 13.3. The van der Waals surface area contributed by atoms with Crippen LogP contribution in [0.1, 0.15) is 29.8 Å². The standard InChI is InChI=1S/C11H11F2IO2/c1-3-7-4-9(14)8(6(2)15)5-10(7)16-11(12)13/h4-5,11H,3H2,1-2H3. The fourth-order valence-corrected chi connectivity index (χ4v) is 2.26. The Balaban J connectivity index is 3.23. The Morgan fingerprint density at radius 2 is 2.12 bits per heavy atom. The van der Waals surface area contributed by atoms with Crippen molar-refractivity contribution in [1.29, 1.82) is 0 Å². The quantitative estimate of drug-likeness (QED) is 0.618. The van der Waals surface area contributed by atoms with E-state index in [-0.39, 0.29) is 11.5 Å². The van der Waals surface area contributed by atoms with Crippen molar-refractivity contribution in [3.8, 4) is 5.75 Å². The van der Waals surface area contributed by atoms with E-state index in [0.29, 0.717) is 17.5 Å². The molecule has 0 aromatic heterocycles. The highest BCUT2D eigenvalue weighted by Crippen LogP contribution is 2.27. The number of rotatable bonds is 4. The normalized spacial score (nSPS) is 10.6. The lowest BCUT2D eigenvalue weighted by molar-refractivity contribution is -0.0504. The second-order valence-electron chi connectivity index (χ2n) is 3.23. The molecule has 0 fully saturated rings. The maximum Gasteiger partial charge on any atom is 0.387 e. The molecule has 1 aromatic rings. The molecular weight excluding hydrogens is 329 g/mol. The third kappa shape index (κ3) is 3.13. The smallest absolute Gasteiger partial charge is 0.387 e.